The Labute approximate surface area is 155 Å². The van der Waals surface area contributed by atoms with Crippen LogP contribution in [0.1, 0.15) is 29.9 Å². The fourth-order valence-corrected chi connectivity index (χ4v) is 6.02. The molecule has 0 aliphatic carbocycles. The van der Waals surface area contributed by atoms with E-state index in [0.29, 0.717) is 31.1 Å². The van der Waals surface area contributed by atoms with Crippen molar-refractivity contribution in [3.8, 4) is 0 Å². The van der Waals surface area contributed by atoms with Gasteiger partial charge >= 0.3 is 10.2 Å². The van der Waals surface area contributed by atoms with Crippen LogP contribution in [0, 0.1) is 0 Å². The van der Waals surface area contributed by atoms with Gasteiger partial charge in [0, 0.05) is 13.1 Å². The highest BCUT2D eigenvalue weighted by Crippen LogP contribution is 2.37. The van der Waals surface area contributed by atoms with E-state index in [0.717, 1.165) is 18.4 Å². The molecule has 0 bridgehead atoms. The molecule has 2 aliphatic rings. The SMILES string of the molecule is O=S(=O)(N1CCC(c2ccccc2)CC1)N1c2ccccc2C[C@H]1CO. The Bertz CT molecular complexity index is 862. The van der Waals surface area contributed by atoms with Gasteiger partial charge in [-0.05, 0) is 42.4 Å². The Kier molecular flexibility index (Phi) is 4.73. The number of fused-ring (bicyclic) bond motifs is 1. The third-order valence-corrected chi connectivity index (χ3v) is 7.54. The van der Waals surface area contributed by atoms with Crippen LogP contribution in [0.4, 0.5) is 5.69 Å². The molecule has 4 rings (SSSR count). The number of para-hydroxylation sites is 1. The summed E-state index contributed by atoms with van der Waals surface area (Å²) in [5, 5.41) is 9.74. The molecule has 0 spiro atoms. The molecule has 138 valence electrons. The molecule has 0 aromatic heterocycles. The van der Waals surface area contributed by atoms with Crippen LogP contribution in [0.25, 0.3) is 0 Å². The molecule has 2 heterocycles. The number of anilines is 1. The van der Waals surface area contributed by atoms with Crippen molar-refractivity contribution in [2.24, 2.45) is 0 Å². The van der Waals surface area contributed by atoms with Gasteiger partial charge in [0.2, 0.25) is 0 Å². The lowest BCUT2D eigenvalue weighted by molar-refractivity contribution is 0.266. The highest BCUT2D eigenvalue weighted by atomic mass is 32.2. The number of hydrogen-bond donors (Lipinski definition) is 1. The summed E-state index contributed by atoms with van der Waals surface area (Å²) in [7, 11) is -3.64. The summed E-state index contributed by atoms with van der Waals surface area (Å²) in [5.74, 6) is 0.405. The Hall–Kier alpha value is -1.89. The van der Waals surface area contributed by atoms with Gasteiger partial charge < -0.3 is 5.11 Å². The minimum atomic E-state index is -3.64. The largest absolute Gasteiger partial charge is 0.394 e. The minimum absolute atomic E-state index is 0.172. The number of hydrogen-bond acceptors (Lipinski definition) is 3. The van der Waals surface area contributed by atoms with E-state index in [1.165, 1.54) is 9.87 Å². The van der Waals surface area contributed by atoms with Crippen molar-refractivity contribution in [1.82, 2.24) is 4.31 Å². The van der Waals surface area contributed by atoms with Crippen LogP contribution in [0.5, 0.6) is 0 Å². The van der Waals surface area contributed by atoms with E-state index in [1.54, 1.807) is 4.31 Å². The lowest BCUT2D eigenvalue weighted by Gasteiger charge is -2.36. The van der Waals surface area contributed by atoms with Gasteiger partial charge in [-0.25, -0.2) is 0 Å². The minimum Gasteiger partial charge on any atom is -0.394 e. The average molecular weight is 372 g/mol. The first-order valence-electron chi connectivity index (χ1n) is 9.14. The molecule has 0 saturated carbocycles. The first kappa shape index (κ1) is 17.5. The maximum Gasteiger partial charge on any atom is 0.304 e. The van der Waals surface area contributed by atoms with Gasteiger partial charge in [0.1, 0.15) is 0 Å². The fourth-order valence-electron chi connectivity index (χ4n) is 4.15. The molecule has 5 nitrogen and oxygen atoms in total. The number of rotatable bonds is 4. The van der Waals surface area contributed by atoms with E-state index in [1.807, 2.05) is 42.5 Å². The highest BCUT2D eigenvalue weighted by Gasteiger charge is 2.41. The summed E-state index contributed by atoms with van der Waals surface area (Å²) >= 11 is 0. The summed E-state index contributed by atoms with van der Waals surface area (Å²) in [6.45, 7) is 0.853. The van der Waals surface area contributed by atoms with Crippen LogP contribution in [-0.2, 0) is 16.6 Å². The van der Waals surface area contributed by atoms with Crippen LogP contribution < -0.4 is 4.31 Å². The lowest BCUT2D eigenvalue weighted by Crippen LogP contribution is -2.50. The fraction of sp³-hybridized carbons (Fsp3) is 0.400. The molecule has 1 atom stereocenters. The second kappa shape index (κ2) is 7.02. The van der Waals surface area contributed by atoms with Crippen molar-refractivity contribution < 1.29 is 13.5 Å². The zero-order valence-electron chi connectivity index (χ0n) is 14.7. The molecule has 2 aromatic rings. The van der Waals surface area contributed by atoms with Gasteiger partial charge in [0.15, 0.2) is 0 Å². The highest BCUT2D eigenvalue weighted by molar-refractivity contribution is 7.90. The molecular formula is C20H24N2O3S. The van der Waals surface area contributed by atoms with E-state index < -0.39 is 16.3 Å². The van der Waals surface area contributed by atoms with Gasteiger partial charge in [-0.3, -0.25) is 4.31 Å². The number of nitrogens with zero attached hydrogens (tertiary/aromatic N) is 2. The van der Waals surface area contributed by atoms with Crippen molar-refractivity contribution in [2.75, 3.05) is 24.0 Å². The van der Waals surface area contributed by atoms with E-state index >= 15 is 0 Å². The van der Waals surface area contributed by atoms with Gasteiger partial charge in [0.25, 0.3) is 0 Å². The van der Waals surface area contributed by atoms with Gasteiger partial charge in [-0.1, -0.05) is 48.5 Å². The Morgan fingerprint density at radius 1 is 0.962 bits per heavy atom. The molecule has 1 N–H and O–H groups in total. The van der Waals surface area contributed by atoms with Crippen molar-refractivity contribution in [3.05, 3.63) is 65.7 Å². The molecule has 0 radical (unpaired) electrons. The maximum atomic E-state index is 13.3. The van der Waals surface area contributed by atoms with Crippen LogP contribution in [0.2, 0.25) is 0 Å². The smallest absolute Gasteiger partial charge is 0.304 e. The Morgan fingerprint density at radius 2 is 1.62 bits per heavy atom. The zero-order chi connectivity index (χ0) is 18.1. The Morgan fingerprint density at radius 3 is 2.31 bits per heavy atom. The summed E-state index contributed by atoms with van der Waals surface area (Å²) in [5.41, 5.74) is 2.97. The van der Waals surface area contributed by atoms with Gasteiger partial charge in [-0.2, -0.15) is 12.7 Å². The van der Waals surface area contributed by atoms with E-state index in [2.05, 4.69) is 12.1 Å². The third kappa shape index (κ3) is 3.02. The zero-order valence-corrected chi connectivity index (χ0v) is 15.5. The molecular weight excluding hydrogens is 348 g/mol. The molecule has 2 aromatic carbocycles. The maximum absolute atomic E-state index is 13.3. The Balaban J connectivity index is 1.54. The van der Waals surface area contributed by atoms with Crippen LogP contribution in [0.15, 0.2) is 54.6 Å². The van der Waals surface area contributed by atoms with Gasteiger partial charge in [-0.15, -0.1) is 0 Å². The molecule has 0 unspecified atom stereocenters. The number of aliphatic hydroxyl groups is 1. The monoisotopic (exact) mass is 372 g/mol. The second-order valence-corrected chi connectivity index (χ2v) is 8.86. The van der Waals surface area contributed by atoms with Crippen molar-refractivity contribution in [2.45, 2.75) is 31.2 Å². The third-order valence-electron chi connectivity index (χ3n) is 5.53. The van der Waals surface area contributed by atoms with Crippen molar-refractivity contribution >= 4 is 15.9 Å². The van der Waals surface area contributed by atoms with Crippen molar-refractivity contribution in [3.63, 3.8) is 0 Å². The number of aliphatic hydroxyl groups excluding tert-OH is 1. The van der Waals surface area contributed by atoms with E-state index in [9.17, 15) is 13.5 Å². The first-order valence-corrected chi connectivity index (χ1v) is 10.5. The standard InChI is InChI=1S/C20H24N2O3S/c23-15-19-14-18-8-4-5-9-20(18)22(19)26(24,25)21-12-10-17(11-13-21)16-6-2-1-3-7-16/h1-9,17,19,23H,10-15H2/t19-/m0/s1. The van der Waals surface area contributed by atoms with E-state index in [-0.39, 0.29) is 6.61 Å². The molecule has 6 heteroatoms. The molecule has 0 amide bonds. The first-order chi connectivity index (χ1) is 12.6. The molecule has 1 fully saturated rings. The normalized spacial score (nSPS) is 21.7. The van der Waals surface area contributed by atoms with Crippen LogP contribution in [-0.4, -0.2) is 43.6 Å². The lowest BCUT2D eigenvalue weighted by atomic mass is 9.90. The summed E-state index contributed by atoms with van der Waals surface area (Å²) in [4.78, 5) is 0. The average Bonchev–Trinajstić information content (AvgIpc) is 3.08. The van der Waals surface area contributed by atoms with Gasteiger partial charge in [0.05, 0.1) is 18.3 Å². The quantitative estimate of drug-likeness (QED) is 0.897. The molecule has 1 saturated heterocycles. The second-order valence-electron chi connectivity index (χ2n) is 7.06. The topological polar surface area (TPSA) is 60.9 Å². The summed E-state index contributed by atoms with van der Waals surface area (Å²) in [6.07, 6.45) is 2.21. The molecule has 2 aliphatic heterocycles. The molecule has 26 heavy (non-hydrogen) atoms. The predicted octanol–water partition coefficient (Wildman–Crippen LogP) is 2.53. The van der Waals surface area contributed by atoms with Crippen LogP contribution >= 0.6 is 0 Å². The number of benzene rings is 2. The summed E-state index contributed by atoms with van der Waals surface area (Å²) in [6, 6.07) is 17.4. The summed E-state index contributed by atoms with van der Waals surface area (Å²) < 4.78 is 29.6. The predicted molar refractivity (Wildman–Crippen MR) is 102 cm³/mol. The number of piperidine rings is 1. The van der Waals surface area contributed by atoms with Crippen LogP contribution in [0.3, 0.4) is 0 Å². The van der Waals surface area contributed by atoms with Crippen molar-refractivity contribution in [1.29, 1.82) is 0 Å². The van der Waals surface area contributed by atoms with E-state index in [4.69, 9.17) is 0 Å².